The first kappa shape index (κ1) is 11.5. The van der Waals surface area contributed by atoms with Gasteiger partial charge in [0.05, 0.1) is 6.20 Å². The van der Waals surface area contributed by atoms with E-state index in [1.807, 2.05) is 0 Å². The lowest BCUT2D eigenvalue weighted by atomic mass is 9.80. The lowest BCUT2D eigenvalue weighted by Crippen LogP contribution is -2.13. The number of carbonyl (C=O) groups is 1. The molecule has 1 aromatic carbocycles. The Morgan fingerprint density at radius 1 is 1.39 bits per heavy atom. The molecule has 1 aliphatic carbocycles. The molecule has 2 aromatic rings. The summed E-state index contributed by atoms with van der Waals surface area (Å²) in [4.78, 5) is 12.8. The van der Waals surface area contributed by atoms with Crippen molar-refractivity contribution in [2.45, 2.75) is 31.6 Å². The molecule has 1 unspecified atom stereocenters. The Kier molecular flexibility index (Phi) is 3.19. The first-order chi connectivity index (χ1) is 8.84. The third-order valence-electron chi connectivity index (χ3n) is 3.56. The molecule has 0 amide bonds. The maximum atomic E-state index is 12.1. The van der Waals surface area contributed by atoms with Crippen molar-refractivity contribution in [3.8, 4) is 0 Å². The number of carbonyl (C=O) groups excluding carboxylic acids is 1. The van der Waals surface area contributed by atoms with Gasteiger partial charge in [-0.2, -0.15) is 0 Å². The summed E-state index contributed by atoms with van der Waals surface area (Å²) >= 11 is 1.19. The third-order valence-corrected chi connectivity index (χ3v) is 4.27. The predicted octanol–water partition coefficient (Wildman–Crippen LogP) is 3.23. The molecule has 0 N–H and O–H groups in total. The highest BCUT2D eigenvalue weighted by Crippen LogP contribution is 2.34. The molecule has 0 aliphatic heterocycles. The largest absolute Gasteiger partial charge is 0.293 e. The van der Waals surface area contributed by atoms with Crippen LogP contribution in [0.4, 0.5) is 0 Å². The number of rotatable bonds is 3. The standard InChI is InChI=1S/C14H14N2OS/c17-13(14-9-15-16-18-14)8-11-6-3-5-10-4-1-2-7-12(10)11/h1-2,4,7,9,11H,3,5-6,8H2. The summed E-state index contributed by atoms with van der Waals surface area (Å²) in [6.45, 7) is 0. The summed E-state index contributed by atoms with van der Waals surface area (Å²) in [5.41, 5.74) is 2.76. The van der Waals surface area contributed by atoms with Gasteiger partial charge in [0.25, 0.3) is 0 Å². The van der Waals surface area contributed by atoms with Gasteiger partial charge >= 0.3 is 0 Å². The Balaban J connectivity index is 1.80. The Bertz CT molecular complexity index is 551. The van der Waals surface area contributed by atoms with Crippen LogP contribution < -0.4 is 0 Å². The van der Waals surface area contributed by atoms with E-state index >= 15 is 0 Å². The van der Waals surface area contributed by atoms with E-state index in [1.165, 1.54) is 29.1 Å². The first-order valence-electron chi connectivity index (χ1n) is 6.23. The number of fused-ring (bicyclic) bond motifs is 1. The van der Waals surface area contributed by atoms with Crippen molar-refractivity contribution in [1.82, 2.24) is 9.59 Å². The number of benzene rings is 1. The van der Waals surface area contributed by atoms with Crippen LogP contribution in [0.2, 0.25) is 0 Å². The lowest BCUT2D eigenvalue weighted by Gasteiger charge is -2.24. The van der Waals surface area contributed by atoms with Crippen LogP contribution in [0.3, 0.4) is 0 Å². The predicted molar refractivity (Wildman–Crippen MR) is 71.0 cm³/mol. The van der Waals surface area contributed by atoms with Gasteiger partial charge in [0.15, 0.2) is 5.78 Å². The van der Waals surface area contributed by atoms with Gasteiger partial charge in [-0.05, 0) is 47.8 Å². The molecule has 0 bridgehead atoms. The van der Waals surface area contributed by atoms with Gasteiger partial charge in [0.1, 0.15) is 4.88 Å². The van der Waals surface area contributed by atoms with Gasteiger partial charge in [-0.25, -0.2) is 0 Å². The van der Waals surface area contributed by atoms with Crippen molar-refractivity contribution < 1.29 is 4.79 Å². The van der Waals surface area contributed by atoms with Gasteiger partial charge in [-0.15, -0.1) is 5.10 Å². The summed E-state index contributed by atoms with van der Waals surface area (Å²) in [7, 11) is 0. The normalized spacial score (nSPS) is 18.3. The van der Waals surface area contributed by atoms with Crippen LogP contribution >= 0.6 is 11.5 Å². The summed E-state index contributed by atoms with van der Waals surface area (Å²) in [5, 5.41) is 3.73. The molecule has 0 radical (unpaired) electrons. The minimum absolute atomic E-state index is 0.173. The molecular weight excluding hydrogens is 244 g/mol. The molecule has 1 atom stereocenters. The zero-order chi connectivity index (χ0) is 12.4. The van der Waals surface area contributed by atoms with Crippen LogP contribution in [0.5, 0.6) is 0 Å². The molecule has 0 spiro atoms. The van der Waals surface area contributed by atoms with Crippen molar-refractivity contribution in [3.63, 3.8) is 0 Å². The maximum absolute atomic E-state index is 12.1. The molecule has 1 aromatic heterocycles. The zero-order valence-corrected chi connectivity index (χ0v) is 10.8. The molecular formula is C14H14N2OS. The second-order valence-electron chi connectivity index (χ2n) is 4.70. The highest BCUT2D eigenvalue weighted by molar-refractivity contribution is 7.07. The fourth-order valence-corrected chi connectivity index (χ4v) is 3.14. The Morgan fingerprint density at radius 3 is 3.11 bits per heavy atom. The van der Waals surface area contributed by atoms with E-state index in [9.17, 15) is 4.79 Å². The molecule has 4 heteroatoms. The van der Waals surface area contributed by atoms with Gasteiger partial charge in [0.2, 0.25) is 0 Å². The first-order valence-corrected chi connectivity index (χ1v) is 7.00. The molecule has 18 heavy (non-hydrogen) atoms. The van der Waals surface area contributed by atoms with Crippen LogP contribution in [0, 0.1) is 0 Å². The smallest absolute Gasteiger partial charge is 0.176 e. The quantitative estimate of drug-likeness (QED) is 0.794. The minimum Gasteiger partial charge on any atom is -0.293 e. The van der Waals surface area contributed by atoms with E-state index in [0.717, 1.165) is 12.8 Å². The number of ketones is 1. The van der Waals surface area contributed by atoms with E-state index in [0.29, 0.717) is 17.2 Å². The van der Waals surface area contributed by atoms with Crippen LogP contribution in [-0.4, -0.2) is 15.4 Å². The van der Waals surface area contributed by atoms with Gasteiger partial charge < -0.3 is 0 Å². The zero-order valence-electron chi connectivity index (χ0n) is 10.0. The fraction of sp³-hybridized carbons (Fsp3) is 0.357. The van der Waals surface area contributed by atoms with E-state index in [-0.39, 0.29) is 5.78 Å². The molecule has 3 rings (SSSR count). The number of hydrogen-bond acceptors (Lipinski definition) is 4. The second-order valence-corrected chi connectivity index (χ2v) is 5.48. The minimum atomic E-state index is 0.173. The lowest BCUT2D eigenvalue weighted by molar-refractivity contribution is 0.0975. The fourth-order valence-electron chi connectivity index (χ4n) is 2.68. The Morgan fingerprint density at radius 2 is 2.28 bits per heavy atom. The number of hydrogen-bond donors (Lipinski definition) is 0. The van der Waals surface area contributed by atoms with Crippen LogP contribution in [-0.2, 0) is 6.42 Å². The highest BCUT2D eigenvalue weighted by atomic mass is 32.1. The van der Waals surface area contributed by atoms with Gasteiger partial charge in [-0.1, -0.05) is 28.8 Å². The van der Waals surface area contributed by atoms with Crippen molar-refractivity contribution >= 4 is 17.3 Å². The molecule has 0 saturated carbocycles. The number of Topliss-reactive ketones (excluding diaryl/α,β-unsaturated/α-hetero) is 1. The number of aryl methyl sites for hydroxylation is 1. The maximum Gasteiger partial charge on any atom is 0.176 e. The molecule has 0 saturated heterocycles. The van der Waals surface area contributed by atoms with Crippen LogP contribution in [0.1, 0.15) is 46.0 Å². The number of aromatic nitrogens is 2. The van der Waals surface area contributed by atoms with Crippen molar-refractivity contribution in [3.05, 3.63) is 46.5 Å². The summed E-state index contributed by atoms with van der Waals surface area (Å²) in [6.07, 6.45) is 5.58. The summed E-state index contributed by atoms with van der Waals surface area (Å²) in [6, 6.07) is 8.49. The molecule has 92 valence electrons. The van der Waals surface area contributed by atoms with Crippen molar-refractivity contribution in [2.75, 3.05) is 0 Å². The monoisotopic (exact) mass is 258 g/mol. The average Bonchev–Trinajstić information content (AvgIpc) is 2.93. The van der Waals surface area contributed by atoms with Gasteiger partial charge in [-0.3, -0.25) is 4.79 Å². The second kappa shape index (κ2) is 4.98. The highest BCUT2D eigenvalue weighted by Gasteiger charge is 2.23. The third kappa shape index (κ3) is 2.20. The van der Waals surface area contributed by atoms with Crippen LogP contribution in [0.15, 0.2) is 30.5 Å². The topological polar surface area (TPSA) is 42.9 Å². The molecule has 1 heterocycles. The van der Waals surface area contributed by atoms with E-state index in [1.54, 1.807) is 6.20 Å². The Hall–Kier alpha value is -1.55. The number of nitrogens with zero attached hydrogens (tertiary/aromatic N) is 2. The molecule has 1 aliphatic rings. The SMILES string of the molecule is O=C(CC1CCCc2ccccc21)c1cnns1. The Labute approximate surface area is 110 Å². The van der Waals surface area contributed by atoms with Gasteiger partial charge in [0, 0.05) is 6.42 Å². The van der Waals surface area contributed by atoms with E-state index in [2.05, 4.69) is 33.9 Å². The summed E-state index contributed by atoms with van der Waals surface area (Å²) in [5.74, 6) is 0.538. The summed E-state index contributed by atoms with van der Waals surface area (Å²) < 4.78 is 3.75. The van der Waals surface area contributed by atoms with Crippen molar-refractivity contribution in [1.29, 1.82) is 0 Å². The molecule has 0 fully saturated rings. The van der Waals surface area contributed by atoms with Crippen molar-refractivity contribution in [2.24, 2.45) is 0 Å². The van der Waals surface area contributed by atoms with Crippen LogP contribution in [0.25, 0.3) is 0 Å². The van der Waals surface area contributed by atoms with E-state index < -0.39 is 0 Å². The van der Waals surface area contributed by atoms with E-state index in [4.69, 9.17) is 0 Å². The molecule has 3 nitrogen and oxygen atoms in total. The average molecular weight is 258 g/mol.